The molecule has 202 valence electrons. The van der Waals surface area contributed by atoms with Crippen LogP contribution >= 0.6 is 0 Å². The summed E-state index contributed by atoms with van der Waals surface area (Å²) in [4.78, 5) is 2.67. The van der Waals surface area contributed by atoms with Crippen LogP contribution in [0.1, 0.15) is 97.3 Å². The van der Waals surface area contributed by atoms with Gasteiger partial charge in [-0.25, -0.2) is 0 Å². The van der Waals surface area contributed by atoms with Gasteiger partial charge in [0.2, 0.25) is 0 Å². The second-order valence-corrected chi connectivity index (χ2v) is 14.6. The standard InChI is InChI=1S/C30H53N2O2.BrH/c1-29-13-12-23-22(24(29)19-26(28(29)34)32(3)16-8-5-9-17-32)11-10-21-18-27(33)25(20-30(21,23)2)31-14-6-4-7-15-31;/h21-28,33-34H,4-20H2,1-3H3;1H/q+1;/p-1. The van der Waals surface area contributed by atoms with Gasteiger partial charge in [-0.1, -0.05) is 20.3 Å². The second kappa shape index (κ2) is 9.81. The SMILES string of the molecule is CC12CC(N3CCCCC3)C(O)CC1CCC1C2CCC2(C)C(O)C([N+]3(C)CCCCC3)CC12.[Br-]. The van der Waals surface area contributed by atoms with Gasteiger partial charge in [-0.2, -0.15) is 0 Å². The largest absolute Gasteiger partial charge is 1.00 e. The maximum absolute atomic E-state index is 11.8. The average molecular weight is 554 g/mol. The number of piperidine rings is 2. The maximum atomic E-state index is 11.8. The molecule has 6 fully saturated rings. The lowest BCUT2D eigenvalue weighted by molar-refractivity contribution is -0.940. The van der Waals surface area contributed by atoms with Crippen LogP contribution in [0.25, 0.3) is 0 Å². The third-order valence-corrected chi connectivity index (χ3v) is 13.2. The molecule has 6 aliphatic rings. The Morgan fingerprint density at radius 2 is 1.49 bits per heavy atom. The van der Waals surface area contributed by atoms with E-state index in [1.165, 1.54) is 103 Å². The summed E-state index contributed by atoms with van der Waals surface area (Å²) >= 11 is 0. The zero-order valence-electron chi connectivity index (χ0n) is 22.8. The number of fused-ring (bicyclic) bond motifs is 5. The molecule has 0 aromatic heterocycles. The van der Waals surface area contributed by atoms with Crippen LogP contribution in [0, 0.1) is 34.5 Å². The molecule has 4 aliphatic carbocycles. The first-order chi connectivity index (χ1) is 16.3. The molecule has 0 amide bonds. The molecule has 6 rings (SSSR count). The summed E-state index contributed by atoms with van der Waals surface area (Å²) in [6.07, 6.45) is 16.5. The lowest BCUT2D eigenvalue weighted by Crippen LogP contribution is -3.00. The first-order valence-electron chi connectivity index (χ1n) is 15.2. The molecule has 0 aromatic carbocycles. The average Bonchev–Trinajstić information content (AvgIpc) is 3.12. The van der Waals surface area contributed by atoms with E-state index in [1.807, 2.05) is 0 Å². The number of hydrogen-bond acceptors (Lipinski definition) is 3. The van der Waals surface area contributed by atoms with Crippen LogP contribution in [-0.4, -0.2) is 77.1 Å². The number of hydrogen-bond donors (Lipinski definition) is 2. The fourth-order valence-corrected chi connectivity index (χ4v) is 11.0. The number of aliphatic hydroxyl groups excluding tert-OH is 2. The van der Waals surface area contributed by atoms with Gasteiger partial charge in [0.05, 0.1) is 26.2 Å². The zero-order chi connectivity index (χ0) is 23.7. The van der Waals surface area contributed by atoms with Crippen LogP contribution in [-0.2, 0) is 0 Å². The second-order valence-electron chi connectivity index (χ2n) is 14.6. The van der Waals surface area contributed by atoms with Gasteiger partial charge in [-0.15, -0.1) is 0 Å². The van der Waals surface area contributed by atoms with Crippen molar-refractivity contribution in [3.8, 4) is 0 Å². The molecule has 35 heavy (non-hydrogen) atoms. The van der Waals surface area contributed by atoms with Gasteiger partial charge in [0.25, 0.3) is 0 Å². The van der Waals surface area contributed by atoms with Crippen LogP contribution in [0.15, 0.2) is 0 Å². The van der Waals surface area contributed by atoms with Gasteiger partial charge in [0.15, 0.2) is 0 Å². The van der Waals surface area contributed by atoms with Crippen LogP contribution in [0.5, 0.6) is 0 Å². The van der Waals surface area contributed by atoms with E-state index in [0.717, 1.165) is 22.7 Å². The van der Waals surface area contributed by atoms with Crippen molar-refractivity contribution in [2.45, 2.75) is 122 Å². The zero-order valence-corrected chi connectivity index (χ0v) is 24.4. The number of likely N-dealkylation sites (N-methyl/N-ethyl adjacent to an activating group) is 1. The highest BCUT2D eigenvalue weighted by Crippen LogP contribution is 2.67. The summed E-state index contributed by atoms with van der Waals surface area (Å²) in [6.45, 7) is 10.1. The highest BCUT2D eigenvalue weighted by molar-refractivity contribution is 5.13. The highest BCUT2D eigenvalue weighted by atomic mass is 79.9. The molecule has 0 aromatic rings. The molecule has 2 saturated heterocycles. The Morgan fingerprint density at radius 1 is 0.800 bits per heavy atom. The van der Waals surface area contributed by atoms with Gasteiger partial charge in [-0.3, -0.25) is 4.90 Å². The summed E-state index contributed by atoms with van der Waals surface area (Å²) in [5.41, 5.74) is 0.492. The molecular weight excluding hydrogens is 500 g/mol. The molecule has 2 aliphatic heterocycles. The minimum atomic E-state index is -0.124. The van der Waals surface area contributed by atoms with E-state index in [9.17, 15) is 10.2 Å². The van der Waals surface area contributed by atoms with Crippen LogP contribution in [0.3, 0.4) is 0 Å². The number of likely N-dealkylation sites (tertiary alicyclic amines) is 2. The van der Waals surface area contributed by atoms with E-state index in [4.69, 9.17) is 0 Å². The Morgan fingerprint density at radius 3 is 2.20 bits per heavy atom. The molecule has 4 saturated carbocycles. The van der Waals surface area contributed by atoms with E-state index < -0.39 is 0 Å². The van der Waals surface area contributed by atoms with Crippen LogP contribution in [0.4, 0.5) is 0 Å². The normalized spacial score (nSPS) is 52.0. The molecule has 2 N–H and O–H groups in total. The molecule has 0 radical (unpaired) electrons. The van der Waals surface area contributed by atoms with Gasteiger partial charge in [0.1, 0.15) is 12.1 Å². The summed E-state index contributed by atoms with van der Waals surface area (Å²) in [6, 6.07) is 0.835. The molecule has 0 spiro atoms. The molecular formula is C30H53BrN2O2. The monoisotopic (exact) mass is 552 g/mol. The summed E-state index contributed by atoms with van der Waals surface area (Å²) in [5, 5.41) is 23.1. The van der Waals surface area contributed by atoms with Crippen molar-refractivity contribution in [2.24, 2.45) is 34.5 Å². The summed E-state index contributed by atoms with van der Waals surface area (Å²) < 4.78 is 1.13. The Kier molecular flexibility index (Phi) is 7.54. The number of aliphatic hydroxyl groups is 2. The van der Waals surface area contributed by atoms with Crippen molar-refractivity contribution in [3.05, 3.63) is 0 Å². The number of nitrogens with zero attached hydrogens (tertiary/aromatic N) is 2. The van der Waals surface area contributed by atoms with Crippen molar-refractivity contribution < 1.29 is 31.7 Å². The third-order valence-electron chi connectivity index (χ3n) is 13.2. The Balaban J connectivity index is 0.00000253. The minimum absolute atomic E-state index is 0. The first-order valence-corrected chi connectivity index (χ1v) is 15.2. The molecule has 2 heterocycles. The summed E-state index contributed by atoms with van der Waals surface area (Å²) in [5.74, 6) is 2.97. The van der Waals surface area contributed by atoms with Gasteiger partial charge in [-0.05, 0) is 113 Å². The predicted molar refractivity (Wildman–Crippen MR) is 137 cm³/mol. The maximum Gasteiger partial charge on any atom is 0.116 e. The Labute approximate surface area is 225 Å². The number of halogens is 1. The Hall–Kier alpha value is 0.320. The molecule has 5 heteroatoms. The van der Waals surface area contributed by atoms with E-state index in [1.54, 1.807) is 0 Å². The smallest absolute Gasteiger partial charge is 0.116 e. The quantitative estimate of drug-likeness (QED) is 0.513. The van der Waals surface area contributed by atoms with E-state index in [0.29, 0.717) is 29.3 Å². The first kappa shape index (κ1) is 26.9. The third kappa shape index (κ3) is 4.21. The molecule has 10 unspecified atom stereocenters. The van der Waals surface area contributed by atoms with Gasteiger partial charge < -0.3 is 31.7 Å². The van der Waals surface area contributed by atoms with E-state index in [-0.39, 0.29) is 34.6 Å². The van der Waals surface area contributed by atoms with Crippen molar-refractivity contribution in [1.82, 2.24) is 4.90 Å². The lowest BCUT2D eigenvalue weighted by Gasteiger charge is -2.62. The minimum Gasteiger partial charge on any atom is -1.00 e. The number of rotatable bonds is 2. The van der Waals surface area contributed by atoms with Crippen molar-refractivity contribution >= 4 is 0 Å². The molecule has 10 atom stereocenters. The summed E-state index contributed by atoms with van der Waals surface area (Å²) in [7, 11) is 2.47. The van der Waals surface area contributed by atoms with E-state index in [2.05, 4.69) is 25.8 Å². The van der Waals surface area contributed by atoms with E-state index >= 15 is 0 Å². The van der Waals surface area contributed by atoms with Gasteiger partial charge >= 0.3 is 0 Å². The fourth-order valence-electron chi connectivity index (χ4n) is 11.0. The number of quaternary nitrogens is 1. The van der Waals surface area contributed by atoms with Crippen LogP contribution in [0.2, 0.25) is 0 Å². The Bertz CT molecular complexity index is 753. The van der Waals surface area contributed by atoms with Gasteiger partial charge in [0, 0.05) is 17.9 Å². The van der Waals surface area contributed by atoms with Crippen molar-refractivity contribution in [1.29, 1.82) is 0 Å². The molecule has 4 nitrogen and oxygen atoms in total. The van der Waals surface area contributed by atoms with Crippen molar-refractivity contribution in [2.75, 3.05) is 33.2 Å². The lowest BCUT2D eigenvalue weighted by atomic mass is 9.44. The topological polar surface area (TPSA) is 43.7 Å². The highest BCUT2D eigenvalue weighted by Gasteiger charge is 2.65. The predicted octanol–water partition coefficient (Wildman–Crippen LogP) is 1.83. The molecule has 0 bridgehead atoms. The fraction of sp³-hybridized carbons (Fsp3) is 1.00. The van der Waals surface area contributed by atoms with Crippen molar-refractivity contribution in [3.63, 3.8) is 0 Å². The van der Waals surface area contributed by atoms with Crippen LogP contribution < -0.4 is 17.0 Å².